The van der Waals surface area contributed by atoms with Crippen molar-refractivity contribution in [1.82, 2.24) is 15.0 Å². The number of nitrogens with zero attached hydrogens (tertiary/aromatic N) is 2. The molecule has 126 valence electrons. The molecule has 0 aliphatic carbocycles. The predicted molar refractivity (Wildman–Crippen MR) is 93.5 cm³/mol. The van der Waals surface area contributed by atoms with Gasteiger partial charge in [-0.1, -0.05) is 32.0 Å². The first-order valence-electron chi connectivity index (χ1n) is 7.27. The molecule has 0 unspecified atom stereocenters. The summed E-state index contributed by atoms with van der Waals surface area (Å²) in [4.78, 5) is 28.2. The molecule has 0 aliphatic rings. The van der Waals surface area contributed by atoms with Crippen molar-refractivity contribution in [2.24, 2.45) is 0 Å². The normalized spacial score (nSPS) is 10.3. The third-order valence-electron chi connectivity index (χ3n) is 3.18. The molecule has 7 nitrogen and oxygen atoms in total. The Morgan fingerprint density at radius 2 is 1.92 bits per heavy atom. The average Bonchev–Trinajstić information content (AvgIpc) is 2.98. The van der Waals surface area contributed by atoms with E-state index in [1.165, 1.54) is 18.0 Å². The van der Waals surface area contributed by atoms with Crippen molar-refractivity contribution >= 4 is 29.2 Å². The lowest BCUT2D eigenvalue weighted by molar-refractivity contribution is 0.0590. The highest BCUT2D eigenvalue weighted by Crippen LogP contribution is 2.14. The number of imidazole rings is 1. The van der Waals surface area contributed by atoms with Crippen molar-refractivity contribution in [2.45, 2.75) is 19.8 Å². The van der Waals surface area contributed by atoms with Gasteiger partial charge in [0.15, 0.2) is 10.8 Å². The molecule has 2 N–H and O–H groups in total. The molecule has 0 saturated carbocycles. The molecule has 1 heterocycles. The third-order valence-corrected chi connectivity index (χ3v) is 3.37. The lowest BCUT2D eigenvalue weighted by Crippen LogP contribution is -2.39. The van der Waals surface area contributed by atoms with Gasteiger partial charge in [-0.2, -0.15) is 0 Å². The number of thiocarbonyl (C=S) groups is 1. The number of methoxy groups -OCH3 is 1. The van der Waals surface area contributed by atoms with Crippen LogP contribution in [0.5, 0.6) is 0 Å². The van der Waals surface area contributed by atoms with Crippen LogP contribution in [0.25, 0.3) is 0 Å². The minimum atomic E-state index is -0.556. The first-order valence-corrected chi connectivity index (χ1v) is 7.68. The number of carbonyl (C=O) groups is 2. The zero-order valence-electron chi connectivity index (χ0n) is 13.6. The van der Waals surface area contributed by atoms with Crippen molar-refractivity contribution in [2.75, 3.05) is 12.5 Å². The number of amides is 1. The van der Waals surface area contributed by atoms with Gasteiger partial charge in [0, 0.05) is 11.5 Å². The number of benzene rings is 1. The van der Waals surface area contributed by atoms with Crippen molar-refractivity contribution in [3.63, 3.8) is 0 Å². The molecule has 0 atom stereocenters. The molecule has 0 radical (unpaired) electrons. The standard InChI is InChI=1S/C16H18N4O3S/c1-10(2)13-17-9-12(15(22)23-3)20(13)19-16(24)18-14(21)11-7-5-4-6-8-11/h4-10H,1-3H3,(H2,18,19,21,24). The van der Waals surface area contributed by atoms with E-state index in [4.69, 9.17) is 17.0 Å². The quantitative estimate of drug-likeness (QED) is 0.651. The zero-order valence-corrected chi connectivity index (χ0v) is 14.4. The molecule has 0 saturated heterocycles. The monoisotopic (exact) mass is 346 g/mol. The summed E-state index contributed by atoms with van der Waals surface area (Å²) in [6.45, 7) is 3.85. The van der Waals surface area contributed by atoms with Gasteiger partial charge in [0.2, 0.25) is 0 Å². The second kappa shape index (κ2) is 7.69. The van der Waals surface area contributed by atoms with Gasteiger partial charge < -0.3 is 4.74 Å². The van der Waals surface area contributed by atoms with Gasteiger partial charge >= 0.3 is 5.97 Å². The van der Waals surface area contributed by atoms with Crippen LogP contribution in [0, 0.1) is 0 Å². The Kier molecular flexibility index (Phi) is 5.64. The smallest absolute Gasteiger partial charge is 0.358 e. The maximum Gasteiger partial charge on any atom is 0.358 e. The first-order chi connectivity index (χ1) is 11.4. The summed E-state index contributed by atoms with van der Waals surface area (Å²) in [6, 6.07) is 8.68. The van der Waals surface area contributed by atoms with Gasteiger partial charge in [0.05, 0.1) is 13.3 Å². The molecule has 1 aromatic carbocycles. The highest BCUT2D eigenvalue weighted by Gasteiger charge is 2.20. The van der Waals surface area contributed by atoms with Gasteiger partial charge in [-0.25, -0.2) is 14.5 Å². The number of nitrogens with one attached hydrogen (secondary N) is 2. The van der Waals surface area contributed by atoms with E-state index in [0.29, 0.717) is 11.4 Å². The number of aromatic nitrogens is 2. The van der Waals surface area contributed by atoms with Crippen LogP contribution >= 0.6 is 12.2 Å². The van der Waals surface area contributed by atoms with E-state index < -0.39 is 5.97 Å². The van der Waals surface area contributed by atoms with Gasteiger partial charge in [-0.05, 0) is 24.4 Å². The largest absolute Gasteiger partial charge is 0.464 e. The van der Waals surface area contributed by atoms with Crippen molar-refractivity contribution in [3.05, 3.63) is 53.6 Å². The van der Waals surface area contributed by atoms with E-state index in [1.54, 1.807) is 24.3 Å². The molecule has 8 heteroatoms. The second-order valence-corrected chi connectivity index (χ2v) is 5.65. The van der Waals surface area contributed by atoms with Crippen molar-refractivity contribution in [1.29, 1.82) is 0 Å². The number of esters is 1. The number of ether oxygens (including phenoxy) is 1. The summed E-state index contributed by atoms with van der Waals surface area (Å²) < 4.78 is 6.15. The molecule has 0 aliphatic heterocycles. The molecular formula is C16H18N4O3S. The van der Waals surface area contributed by atoms with E-state index in [0.717, 1.165) is 0 Å². The lowest BCUT2D eigenvalue weighted by Gasteiger charge is -2.16. The summed E-state index contributed by atoms with van der Waals surface area (Å²) in [6.07, 6.45) is 1.40. The molecule has 0 bridgehead atoms. The van der Waals surface area contributed by atoms with Crippen LogP contribution in [-0.2, 0) is 4.74 Å². The van der Waals surface area contributed by atoms with Gasteiger partial charge in [0.1, 0.15) is 5.82 Å². The van der Waals surface area contributed by atoms with E-state index >= 15 is 0 Å². The predicted octanol–water partition coefficient (Wildman–Crippen LogP) is 2.05. The highest BCUT2D eigenvalue weighted by molar-refractivity contribution is 7.80. The minimum Gasteiger partial charge on any atom is -0.464 e. The molecular weight excluding hydrogens is 328 g/mol. The van der Waals surface area contributed by atoms with Gasteiger partial charge in [-0.15, -0.1) is 0 Å². The fourth-order valence-corrected chi connectivity index (χ4v) is 2.22. The van der Waals surface area contributed by atoms with Crippen molar-refractivity contribution < 1.29 is 14.3 Å². The Morgan fingerprint density at radius 3 is 2.50 bits per heavy atom. The van der Waals surface area contributed by atoms with Crippen molar-refractivity contribution in [3.8, 4) is 0 Å². The zero-order chi connectivity index (χ0) is 17.7. The first kappa shape index (κ1) is 17.6. The Hall–Kier alpha value is -2.74. The fourth-order valence-electron chi connectivity index (χ4n) is 2.03. The summed E-state index contributed by atoms with van der Waals surface area (Å²) in [5, 5.41) is 2.62. The maximum atomic E-state index is 12.1. The van der Waals surface area contributed by atoms with Crippen LogP contribution in [-0.4, -0.2) is 33.8 Å². The summed E-state index contributed by atoms with van der Waals surface area (Å²) in [5.41, 5.74) is 3.48. The van der Waals surface area contributed by atoms with Crippen LogP contribution in [0.1, 0.15) is 46.4 Å². The highest BCUT2D eigenvalue weighted by atomic mass is 32.1. The van der Waals surface area contributed by atoms with Crippen LogP contribution < -0.4 is 10.7 Å². The van der Waals surface area contributed by atoms with Gasteiger partial charge in [-0.3, -0.25) is 15.5 Å². The fraction of sp³-hybridized carbons (Fsp3) is 0.250. The Balaban J connectivity index is 2.17. The van der Waals surface area contributed by atoms with Crippen LogP contribution in [0.15, 0.2) is 36.5 Å². The number of rotatable bonds is 4. The third kappa shape index (κ3) is 3.96. The SMILES string of the molecule is COC(=O)c1cnc(C(C)C)n1NC(=S)NC(=O)c1ccccc1. The second-order valence-electron chi connectivity index (χ2n) is 5.24. The molecule has 2 rings (SSSR count). The van der Waals surface area contributed by atoms with Crippen LogP contribution in [0.4, 0.5) is 0 Å². The van der Waals surface area contributed by atoms with E-state index in [2.05, 4.69) is 15.7 Å². The molecule has 1 amide bonds. The van der Waals surface area contributed by atoms with Crippen LogP contribution in [0.3, 0.4) is 0 Å². The summed E-state index contributed by atoms with van der Waals surface area (Å²) in [5.74, 6) is -0.284. The Bertz CT molecular complexity index is 756. The lowest BCUT2D eigenvalue weighted by atomic mass is 10.2. The van der Waals surface area contributed by atoms with E-state index in [1.807, 2.05) is 19.9 Å². The number of hydrogen-bond acceptors (Lipinski definition) is 5. The molecule has 1 aromatic heterocycles. The Labute approximate surface area is 145 Å². The van der Waals surface area contributed by atoms with Gasteiger partial charge in [0.25, 0.3) is 5.91 Å². The molecule has 0 fully saturated rings. The van der Waals surface area contributed by atoms with Crippen LogP contribution in [0.2, 0.25) is 0 Å². The molecule has 24 heavy (non-hydrogen) atoms. The summed E-state index contributed by atoms with van der Waals surface area (Å²) in [7, 11) is 1.28. The summed E-state index contributed by atoms with van der Waals surface area (Å²) >= 11 is 5.16. The molecule has 2 aromatic rings. The number of carbonyl (C=O) groups excluding carboxylic acids is 2. The average molecular weight is 346 g/mol. The Morgan fingerprint density at radius 1 is 1.25 bits per heavy atom. The van der Waals surface area contributed by atoms with E-state index in [-0.39, 0.29) is 22.6 Å². The minimum absolute atomic E-state index is 0.0310. The van der Waals surface area contributed by atoms with E-state index in [9.17, 15) is 9.59 Å². The number of hydrogen-bond donors (Lipinski definition) is 2. The topological polar surface area (TPSA) is 85.2 Å². The maximum absolute atomic E-state index is 12.1. The molecule has 0 spiro atoms.